The molecule has 0 aromatic heterocycles. The smallest absolute Gasteiger partial charge is 0.0542 e. The largest absolute Gasteiger partial charge is 0.313 e. The van der Waals surface area contributed by atoms with Gasteiger partial charge in [0.25, 0.3) is 0 Å². The summed E-state index contributed by atoms with van der Waals surface area (Å²) in [5, 5.41) is 5.17. The normalized spacial score (nSPS) is 22.1. The number of benzene rings is 1. The first-order chi connectivity index (χ1) is 10.2. The molecule has 1 atom stereocenters. The summed E-state index contributed by atoms with van der Waals surface area (Å²) in [6, 6.07) is 7.21. The summed E-state index contributed by atoms with van der Waals surface area (Å²) in [7, 11) is 0. The van der Waals surface area contributed by atoms with E-state index in [9.17, 15) is 0 Å². The van der Waals surface area contributed by atoms with E-state index in [-0.39, 0.29) is 0 Å². The van der Waals surface area contributed by atoms with E-state index < -0.39 is 0 Å². The maximum atomic E-state index is 6.22. The molecule has 0 amide bonds. The number of hydrogen-bond donors (Lipinski definition) is 1. The molecule has 1 unspecified atom stereocenters. The molecule has 3 rings (SSSR count). The van der Waals surface area contributed by atoms with Crippen molar-refractivity contribution in [2.45, 2.75) is 42.7 Å². The Morgan fingerprint density at radius 2 is 2.10 bits per heavy atom. The molecule has 0 spiro atoms. The van der Waals surface area contributed by atoms with Crippen LogP contribution >= 0.6 is 35.0 Å². The third-order valence-electron chi connectivity index (χ3n) is 4.21. The number of rotatable bonds is 7. The van der Waals surface area contributed by atoms with Gasteiger partial charge in [0.05, 0.1) is 5.02 Å². The van der Waals surface area contributed by atoms with Gasteiger partial charge in [-0.3, -0.25) is 4.90 Å². The van der Waals surface area contributed by atoms with Crippen LogP contribution in [0.5, 0.6) is 0 Å². The van der Waals surface area contributed by atoms with Crippen LogP contribution in [0.3, 0.4) is 0 Å². The highest BCUT2D eigenvalue weighted by Gasteiger charge is 2.30. The van der Waals surface area contributed by atoms with Crippen molar-refractivity contribution in [3.8, 4) is 0 Å². The van der Waals surface area contributed by atoms with Crippen LogP contribution in [-0.4, -0.2) is 42.4 Å². The molecule has 2 fully saturated rings. The number of nitrogens with zero attached hydrogens (tertiary/aromatic N) is 1. The van der Waals surface area contributed by atoms with Crippen LogP contribution in [0.4, 0.5) is 0 Å². The minimum absolute atomic E-state index is 0.699. The summed E-state index contributed by atoms with van der Waals surface area (Å²) in [4.78, 5) is 3.76. The molecule has 1 aliphatic heterocycles. The van der Waals surface area contributed by atoms with E-state index in [4.69, 9.17) is 23.2 Å². The molecule has 116 valence electrons. The van der Waals surface area contributed by atoms with E-state index in [1.807, 2.05) is 30.0 Å². The molecular weight excluding hydrogens is 323 g/mol. The Bertz CT molecular complexity index is 473. The van der Waals surface area contributed by atoms with Crippen LogP contribution in [0.2, 0.25) is 10.0 Å². The fourth-order valence-electron chi connectivity index (χ4n) is 2.92. The number of halogens is 2. The quantitative estimate of drug-likeness (QED) is 0.742. The second-order valence-electron chi connectivity index (χ2n) is 5.94. The summed E-state index contributed by atoms with van der Waals surface area (Å²) in [6.07, 6.45) is 5.40. The van der Waals surface area contributed by atoms with E-state index in [2.05, 4.69) is 10.2 Å². The Kier molecular flexibility index (Phi) is 5.74. The molecule has 1 aromatic carbocycles. The van der Waals surface area contributed by atoms with Gasteiger partial charge in [0.1, 0.15) is 0 Å². The average Bonchev–Trinajstić information content (AvgIpc) is 3.19. The predicted molar refractivity (Wildman–Crippen MR) is 92.8 cm³/mol. The zero-order valence-electron chi connectivity index (χ0n) is 12.2. The van der Waals surface area contributed by atoms with Crippen molar-refractivity contribution in [3.05, 3.63) is 28.2 Å². The second-order valence-corrected chi connectivity index (χ2v) is 7.92. The monoisotopic (exact) mass is 344 g/mol. The molecule has 1 N–H and O–H groups in total. The topological polar surface area (TPSA) is 15.3 Å². The third-order valence-corrected chi connectivity index (χ3v) is 5.92. The first kappa shape index (κ1) is 15.9. The first-order valence-electron chi connectivity index (χ1n) is 7.77. The van der Waals surface area contributed by atoms with Crippen molar-refractivity contribution in [2.24, 2.45) is 0 Å². The second kappa shape index (κ2) is 7.56. The van der Waals surface area contributed by atoms with E-state index in [1.54, 1.807) is 0 Å². The van der Waals surface area contributed by atoms with Gasteiger partial charge in [0.15, 0.2) is 0 Å². The van der Waals surface area contributed by atoms with Crippen molar-refractivity contribution in [3.63, 3.8) is 0 Å². The number of nitrogens with one attached hydrogen (secondary N) is 1. The summed E-state index contributed by atoms with van der Waals surface area (Å²) >= 11 is 14.1. The summed E-state index contributed by atoms with van der Waals surface area (Å²) in [6.45, 7) is 3.53. The van der Waals surface area contributed by atoms with Crippen molar-refractivity contribution in [1.29, 1.82) is 0 Å². The molecule has 21 heavy (non-hydrogen) atoms. The molecule has 5 heteroatoms. The van der Waals surface area contributed by atoms with Crippen LogP contribution in [0, 0.1) is 0 Å². The highest BCUT2D eigenvalue weighted by Crippen LogP contribution is 2.32. The molecule has 1 saturated carbocycles. The maximum Gasteiger partial charge on any atom is 0.0542 e. The standard InChI is InChI=1S/C16H22Cl2N2S/c17-12-3-6-15(18)16(10-12)21-9-8-20(14-4-5-14)11-13-2-1-7-19-13/h3,6,10,13-14,19H,1-2,4-5,7-9,11H2. The zero-order chi connectivity index (χ0) is 14.7. The Morgan fingerprint density at radius 1 is 1.24 bits per heavy atom. The lowest BCUT2D eigenvalue weighted by Gasteiger charge is -2.25. The van der Waals surface area contributed by atoms with Crippen molar-refractivity contribution in [2.75, 3.05) is 25.4 Å². The average molecular weight is 345 g/mol. The highest BCUT2D eigenvalue weighted by molar-refractivity contribution is 7.99. The lowest BCUT2D eigenvalue weighted by molar-refractivity contribution is 0.254. The van der Waals surface area contributed by atoms with E-state index >= 15 is 0 Å². The molecule has 1 aromatic rings. The fraction of sp³-hybridized carbons (Fsp3) is 0.625. The van der Waals surface area contributed by atoms with Gasteiger partial charge in [-0.2, -0.15) is 0 Å². The van der Waals surface area contributed by atoms with Crippen LogP contribution in [-0.2, 0) is 0 Å². The van der Waals surface area contributed by atoms with Crippen molar-refractivity contribution >= 4 is 35.0 Å². The lowest BCUT2D eigenvalue weighted by Crippen LogP contribution is -2.39. The summed E-state index contributed by atoms with van der Waals surface area (Å²) < 4.78 is 0. The van der Waals surface area contributed by atoms with E-state index in [0.717, 1.165) is 33.3 Å². The molecule has 0 radical (unpaired) electrons. The van der Waals surface area contributed by atoms with Crippen LogP contribution < -0.4 is 5.32 Å². The van der Waals surface area contributed by atoms with Gasteiger partial charge in [0.2, 0.25) is 0 Å². The number of thioether (sulfide) groups is 1. The van der Waals surface area contributed by atoms with Gasteiger partial charge in [-0.15, -0.1) is 11.8 Å². The van der Waals surface area contributed by atoms with Gasteiger partial charge in [-0.05, 0) is 50.4 Å². The van der Waals surface area contributed by atoms with Crippen LogP contribution in [0.1, 0.15) is 25.7 Å². The fourth-order valence-corrected chi connectivity index (χ4v) is 4.40. The molecule has 2 aliphatic rings. The summed E-state index contributed by atoms with van der Waals surface area (Å²) in [5.74, 6) is 1.07. The Labute approximate surface area is 141 Å². The van der Waals surface area contributed by atoms with E-state index in [1.165, 1.54) is 38.8 Å². The van der Waals surface area contributed by atoms with Crippen LogP contribution in [0.25, 0.3) is 0 Å². The predicted octanol–water partition coefficient (Wildman–Crippen LogP) is 4.30. The summed E-state index contributed by atoms with van der Waals surface area (Å²) in [5.41, 5.74) is 0. The minimum Gasteiger partial charge on any atom is -0.313 e. The van der Waals surface area contributed by atoms with Gasteiger partial charge < -0.3 is 5.32 Å². The van der Waals surface area contributed by atoms with Crippen molar-refractivity contribution < 1.29 is 0 Å². The molecule has 1 saturated heterocycles. The first-order valence-corrected chi connectivity index (χ1v) is 9.52. The Morgan fingerprint density at radius 3 is 2.81 bits per heavy atom. The molecule has 1 heterocycles. The third kappa shape index (κ3) is 4.77. The highest BCUT2D eigenvalue weighted by atomic mass is 35.5. The SMILES string of the molecule is Clc1ccc(Cl)c(SCCN(CC2CCCN2)C2CC2)c1. The van der Waals surface area contributed by atoms with Gasteiger partial charge in [-0.25, -0.2) is 0 Å². The van der Waals surface area contributed by atoms with Crippen LogP contribution in [0.15, 0.2) is 23.1 Å². The maximum absolute atomic E-state index is 6.22. The van der Waals surface area contributed by atoms with Gasteiger partial charge >= 0.3 is 0 Å². The Balaban J connectivity index is 1.48. The van der Waals surface area contributed by atoms with Gasteiger partial charge in [0, 0.05) is 40.8 Å². The zero-order valence-corrected chi connectivity index (χ0v) is 14.5. The minimum atomic E-state index is 0.699. The number of hydrogen-bond acceptors (Lipinski definition) is 3. The molecule has 0 bridgehead atoms. The van der Waals surface area contributed by atoms with Crippen molar-refractivity contribution in [1.82, 2.24) is 10.2 Å². The molecule has 2 nitrogen and oxygen atoms in total. The van der Waals surface area contributed by atoms with E-state index in [0.29, 0.717) is 6.04 Å². The van der Waals surface area contributed by atoms with Gasteiger partial charge in [-0.1, -0.05) is 23.2 Å². The molecular formula is C16H22Cl2N2S. The lowest BCUT2D eigenvalue weighted by atomic mass is 10.2. The molecule has 1 aliphatic carbocycles. The Hall–Kier alpha value is 0.0700.